The minimum atomic E-state index is -0.654. The molecule has 0 saturated heterocycles. The molecule has 3 aliphatic rings. The van der Waals surface area contributed by atoms with Gasteiger partial charge in [-0.15, -0.1) is 0 Å². The number of hydrogen-bond donors (Lipinski definition) is 0. The lowest BCUT2D eigenvalue weighted by atomic mass is 9.67. The molecule has 14 aromatic rings. The van der Waals surface area contributed by atoms with E-state index >= 15 is 0 Å². The van der Waals surface area contributed by atoms with Crippen LogP contribution in [0.1, 0.15) is 94.8 Å². The fourth-order valence-electron chi connectivity index (χ4n) is 16.2. The van der Waals surface area contributed by atoms with E-state index in [1.54, 1.807) is 0 Å². The number of rotatable bonds is 9. The maximum Gasteiger partial charge on any atom is 0.144 e. The summed E-state index contributed by atoms with van der Waals surface area (Å²) in [7, 11) is 0. The fraction of sp³-hybridized carbons (Fsp3) is 0.122. The monoisotopic (exact) mass is 1080 g/mol. The van der Waals surface area contributed by atoms with Crippen molar-refractivity contribution in [2.24, 2.45) is 0 Å². The predicted molar refractivity (Wildman–Crippen MR) is 347 cm³/mol. The second-order valence-electron chi connectivity index (χ2n) is 24.9. The Hall–Kier alpha value is -9.76. The summed E-state index contributed by atoms with van der Waals surface area (Å²) in [6, 6.07) is 97.3. The van der Waals surface area contributed by atoms with Gasteiger partial charge in [0.1, 0.15) is 22.3 Å². The van der Waals surface area contributed by atoms with Crippen molar-refractivity contribution in [1.82, 2.24) is 0 Å². The molecule has 2 nitrogen and oxygen atoms in total. The number of furan rings is 2. The Morgan fingerprint density at radius 3 is 1.42 bits per heavy atom. The number of fused-ring (bicyclic) bond motifs is 19. The van der Waals surface area contributed by atoms with Crippen LogP contribution in [0, 0.1) is 0 Å². The highest BCUT2D eigenvalue weighted by molar-refractivity contribution is 6.21. The van der Waals surface area contributed by atoms with Gasteiger partial charge in [0.05, 0.1) is 5.41 Å². The molecule has 2 heteroatoms. The molecule has 0 bridgehead atoms. The van der Waals surface area contributed by atoms with Crippen molar-refractivity contribution in [2.75, 3.05) is 0 Å². The van der Waals surface area contributed by atoms with Crippen molar-refractivity contribution in [1.29, 1.82) is 0 Å². The van der Waals surface area contributed by atoms with Crippen LogP contribution in [-0.2, 0) is 29.1 Å². The SMILES string of the molecule is CC1(C)c2ccccc2-c2c1c1c(c3c2oc2ccccc23)-c2ccc(CC(Cc3ccc4c(c3)C(c3ccccc3)(c3ccccc3)c3cc(-c5ccccc5)c5oc6ccccc6c5c3-4)c3ccccc3-c3ccccc3)cc2C1(C)C. The second kappa shape index (κ2) is 18.1. The Balaban J connectivity index is 0.867. The average Bonchev–Trinajstić information content (AvgIpc) is 1.54. The van der Waals surface area contributed by atoms with Crippen LogP contribution in [0.2, 0.25) is 0 Å². The van der Waals surface area contributed by atoms with Gasteiger partial charge >= 0.3 is 0 Å². The molecule has 0 spiro atoms. The summed E-state index contributed by atoms with van der Waals surface area (Å²) in [5.41, 5.74) is 29.7. The van der Waals surface area contributed by atoms with Crippen LogP contribution in [0.4, 0.5) is 0 Å². The Kier molecular flexibility index (Phi) is 10.5. The van der Waals surface area contributed by atoms with Gasteiger partial charge in [-0.25, -0.2) is 0 Å². The number of hydrogen-bond acceptors (Lipinski definition) is 2. The van der Waals surface area contributed by atoms with E-state index in [0.717, 1.165) is 51.7 Å². The largest absolute Gasteiger partial charge is 0.455 e. The van der Waals surface area contributed by atoms with Crippen molar-refractivity contribution in [3.63, 3.8) is 0 Å². The van der Waals surface area contributed by atoms with Gasteiger partial charge in [-0.05, 0) is 143 Å². The van der Waals surface area contributed by atoms with E-state index in [0.29, 0.717) is 0 Å². The van der Waals surface area contributed by atoms with Crippen molar-refractivity contribution < 1.29 is 8.83 Å². The summed E-state index contributed by atoms with van der Waals surface area (Å²) >= 11 is 0. The molecule has 2 heterocycles. The van der Waals surface area contributed by atoms with E-state index < -0.39 is 5.41 Å². The summed E-state index contributed by atoms with van der Waals surface area (Å²) in [5.74, 6) is 0.118. The smallest absolute Gasteiger partial charge is 0.144 e. The van der Waals surface area contributed by atoms with Gasteiger partial charge in [-0.2, -0.15) is 0 Å². The summed E-state index contributed by atoms with van der Waals surface area (Å²) < 4.78 is 14.1. The van der Waals surface area contributed by atoms with Crippen LogP contribution in [0.25, 0.3) is 99.5 Å². The lowest BCUT2D eigenvalue weighted by Gasteiger charge is -2.34. The van der Waals surface area contributed by atoms with E-state index in [9.17, 15) is 0 Å². The highest BCUT2D eigenvalue weighted by Crippen LogP contribution is 2.64. The predicted octanol–water partition coefficient (Wildman–Crippen LogP) is 21.4. The van der Waals surface area contributed by atoms with Crippen LogP contribution in [0.5, 0.6) is 0 Å². The minimum absolute atomic E-state index is 0.118. The highest BCUT2D eigenvalue weighted by Gasteiger charge is 2.50. The molecule has 400 valence electrons. The highest BCUT2D eigenvalue weighted by atomic mass is 16.3. The topological polar surface area (TPSA) is 26.3 Å². The Morgan fingerprint density at radius 1 is 0.333 bits per heavy atom. The molecule has 1 atom stereocenters. The van der Waals surface area contributed by atoms with Crippen LogP contribution < -0.4 is 0 Å². The molecule has 1 unspecified atom stereocenters. The summed E-state index contributed by atoms with van der Waals surface area (Å²) in [4.78, 5) is 0. The third kappa shape index (κ3) is 6.80. The van der Waals surface area contributed by atoms with Crippen LogP contribution in [-0.4, -0.2) is 0 Å². The van der Waals surface area contributed by atoms with Crippen molar-refractivity contribution in [3.05, 3.63) is 322 Å². The number of benzene rings is 12. The maximum absolute atomic E-state index is 7.04. The molecular formula is C82H60O2. The third-order valence-electron chi connectivity index (χ3n) is 19.7. The molecular weight excluding hydrogens is 1020 g/mol. The van der Waals surface area contributed by atoms with E-state index in [1.807, 2.05) is 0 Å². The molecule has 0 saturated carbocycles. The Morgan fingerprint density at radius 2 is 0.786 bits per heavy atom. The zero-order chi connectivity index (χ0) is 56.1. The molecule has 0 fully saturated rings. The summed E-state index contributed by atoms with van der Waals surface area (Å²) in [6.45, 7) is 9.81. The van der Waals surface area contributed by atoms with Crippen molar-refractivity contribution >= 4 is 43.9 Å². The molecule has 0 radical (unpaired) electrons. The second-order valence-corrected chi connectivity index (χ2v) is 24.9. The van der Waals surface area contributed by atoms with Gasteiger partial charge in [0, 0.05) is 43.5 Å². The van der Waals surface area contributed by atoms with E-state index in [4.69, 9.17) is 8.83 Å². The van der Waals surface area contributed by atoms with Crippen LogP contribution in [0.15, 0.2) is 270 Å². The molecule has 0 aliphatic heterocycles. The standard InChI is InChI=1S/C82H60O2/c1-80(2)65-38-22-19-35-59(65)75-77(80)76-72(74-63-37-21-24-40-70(63)84-79(74)75)60-43-41-50(47-66(60)81(76,3)4)45-54(58-34-18-17-33-57(58)52-25-9-5-10-26-52)46-51-42-44-61-67(48-51)82(55-29-13-7-14-30-55,56-31-15-8-16-32-56)68-49-64(53-27-11-6-12-28-53)78-73(71(61)68)62-36-20-23-39-69(62)83-78/h5-44,47-49,54H,45-46H2,1-4H3. The van der Waals surface area contributed by atoms with Gasteiger partial charge in [-0.1, -0.05) is 270 Å². The van der Waals surface area contributed by atoms with E-state index in [1.165, 1.54) is 122 Å². The first-order valence-electron chi connectivity index (χ1n) is 29.9. The van der Waals surface area contributed by atoms with E-state index in [-0.39, 0.29) is 16.7 Å². The first kappa shape index (κ1) is 48.9. The average molecular weight is 1080 g/mol. The van der Waals surface area contributed by atoms with Gasteiger partial charge in [0.15, 0.2) is 0 Å². The van der Waals surface area contributed by atoms with Gasteiger partial charge < -0.3 is 8.83 Å². The zero-order valence-electron chi connectivity index (χ0n) is 47.6. The molecule has 17 rings (SSSR count). The van der Waals surface area contributed by atoms with Gasteiger partial charge in [-0.3, -0.25) is 0 Å². The molecule has 0 amide bonds. The Labute approximate surface area is 490 Å². The normalized spacial score (nSPS) is 15.0. The lowest BCUT2D eigenvalue weighted by molar-refractivity contribution is 0.599. The first-order chi connectivity index (χ1) is 41.2. The molecule has 12 aromatic carbocycles. The molecule has 0 N–H and O–H groups in total. The Bertz CT molecular complexity index is 4960. The molecule has 3 aliphatic carbocycles. The van der Waals surface area contributed by atoms with Gasteiger partial charge in [0.2, 0.25) is 0 Å². The quantitative estimate of drug-likeness (QED) is 0.144. The zero-order valence-corrected chi connectivity index (χ0v) is 47.6. The first-order valence-corrected chi connectivity index (χ1v) is 29.9. The summed E-state index contributed by atoms with van der Waals surface area (Å²) in [6.07, 6.45) is 1.68. The van der Waals surface area contributed by atoms with Gasteiger partial charge in [0.25, 0.3) is 0 Å². The third-order valence-corrected chi connectivity index (χ3v) is 19.7. The minimum Gasteiger partial charge on any atom is -0.455 e. The van der Waals surface area contributed by atoms with E-state index in [2.05, 4.69) is 289 Å². The summed E-state index contributed by atoms with van der Waals surface area (Å²) in [5, 5.41) is 4.72. The molecule has 84 heavy (non-hydrogen) atoms. The molecule has 2 aromatic heterocycles. The fourth-order valence-corrected chi connectivity index (χ4v) is 16.2. The lowest BCUT2D eigenvalue weighted by Crippen LogP contribution is -2.28. The van der Waals surface area contributed by atoms with Crippen LogP contribution >= 0.6 is 0 Å². The van der Waals surface area contributed by atoms with Crippen LogP contribution in [0.3, 0.4) is 0 Å². The van der Waals surface area contributed by atoms with Crippen molar-refractivity contribution in [3.8, 4) is 55.6 Å². The maximum atomic E-state index is 7.04. The number of para-hydroxylation sites is 2. The van der Waals surface area contributed by atoms with Crippen molar-refractivity contribution in [2.45, 2.75) is 62.7 Å².